The second-order valence-corrected chi connectivity index (χ2v) is 20.6. The van der Waals surface area contributed by atoms with Crippen LogP contribution in [0.3, 0.4) is 0 Å². The van der Waals surface area contributed by atoms with Gasteiger partial charge in [0.25, 0.3) is 0 Å². The Balaban J connectivity index is 1.10. The zero-order valence-electron chi connectivity index (χ0n) is 34.8. The summed E-state index contributed by atoms with van der Waals surface area (Å²) in [6, 6.07) is 97.7. The third-order valence-corrected chi connectivity index (χ3v) is 18.4. The van der Waals surface area contributed by atoms with Crippen LogP contribution in [0.25, 0.3) is 49.7 Å². The second-order valence-electron chi connectivity index (χ2n) is 16.8. The molecule has 0 unspecified atom stereocenters. The topological polar surface area (TPSA) is 4.93 Å². The molecular weight excluding hydrogens is 775 g/mol. The van der Waals surface area contributed by atoms with Crippen molar-refractivity contribution in [2.24, 2.45) is 0 Å². The van der Waals surface area contributed by atoms with Gasteiger partial charge in [-0.2, -0.15) is 0 Å². The van der Waals surface area contributed by atoms with Crippen molar-refractivity contribution in [3.63, 3.8) is 0 Å². The zero-order valence-corrected chi connectivity index (χ0v) is 35.8. The quantitative estimate of drug-likeness (QED) is 0.106. The van der Waals surface area contributed by atoms with Crippen LogP contribution in [0.2, 0.25) is 0 Å². The molecule has 0 amide bonds. The Morgan fingerprint density at radius 2 is 0.730 bits per heavy atom. The summed E-state index contributed by atoms with van der Waals surface area (Å²) < 4.78 is 2.42. The Kier molecular flexibility index (Phi) is 8.81. The largest absolute Gasteiger partial charge is 0.309 e. The summed E-state index contributed by atoms with van der Waals surface area (Å²) in [4.78, 5) is 0. The number of rotatable bonds is 8. The number of benzene rings is 10. The van der Waals surface area contributed by atoms with E-state index in [1.54, 1.807) is 0 Å². The van der Waals surface area contributed by atoms with Crippen LogP contribution < -0.4 is 20.7 Å². The van der Waals surface area contributed by atoms with Crippen LogP contribution in [-0.2, 0) is 5.41 Å². The molecule has 2 heteroatoms. The molecule has 0 atom stereocenters. The lowest BCUT2D eigenvalue weighted by Gasteiger charge is -2.38. The van der Waals surface area contributed by atoms with Gasteiger partial charge in [-0.1, -0.05) is 237 Å². The SMILES string of the molecule is c1ccc(C2(c3cccc([Si](c4ccccc4)(c4ccccc4)c4cccc(-c5cccc(-n6c7ccccc7c7ccccc76)c5)c4)c3)c3ccccc3-c3ccccc32)cc1. The summed E-state index contributed by atoms with van der Waals surface area (Å²) in [5.41, 5.74) is 13.3. The first-order valence-corrected chi connectivity index (χ1v) is 23.9. The highest BCUT2D eigenvalue weighted by molar-refractivity contribution is 7.20. The number of para-hydroxylation sites is 2. The smallest absolute Gasteiger partial charge is 0.179 e. The van der Waals surface area contributed by atoms with Crippen LogP contribution >= 0.6 is 0 Å². The predicted octanol–water partition coefficient (Wildman–Crippen LogP) is 12.2. The number of fused-ring (bicyclic) bond motifs is 6. The highest BCUT2D eigenvalue weighted by atomic mass is 28.3. The molecule has 0 radical (unpaired) electrons. The highest BCUT2D eigenvalue weighted by Crippen LogP contribution is 2.55. The van der Waals surface area contributed by atoms with E-state index in [1.807, 2.05) is 0 Å². The summed E-state index contributed by atoms with van der Waals surface area (Å²) in [6.07, 6.45) is 0. The van der Waals surface area contributed by atoms with E-state index in [2.05, 4.69) is 265 Å². The molecule has 0 saturated carbocycles. The lowest BCUT2D eigenvalue weighted by molar-refractivity contribution is 0.769. The second kappa shape index (κ2) is 15.0. The number of nitrogens with zero attached hydrogens (tertiary/aromatic N) is 1. The van der Waals surface area contributed by atoms with Gasteiger partial charge in [-0.3, -0.25) is 0 Å². The van der Waals surface area contributed by atoms with E-state index in [-0.39, 0.29) is 0 Å². The predicted molar refractivity (Wildman–Crippen MR) is 267 cm³/mol. The van der Waals surface area contributed by atoms with Crippen molar-refractivity contribution in [2.45, 2.75) is 5.41 Å². The molecule has 0 bridgehead atoms. The van der Waals surface area contributed by atoms with Crippen molar-refractivity contribution in [3.05, 3.63) is 283 Å². The summed E-state index contributed by atoms with van der Waals surface area (Å²) in [5, 5.41) is 7.94. The normalized spacial score (nSPS) is 12.9. The monoisotopic (exact) mass is 817 g/mol. The van der Waals surface area contributed by atoms with Gasteiger partial charge in [0.2, 0.25) is 0 Å². The molecule has 1 heterocycles. The number of aromatic nitrogens is 1. The maximum absolute atomic E-state index is 3.01. The van der Waals surface area contributed by atoms with Crippen LogP contribution in [0.1, 0.15) is 22.3 Å². The van der Waals surface area contributed by atoms with Gasteiger partial charge in [-0.05, 0) is 89.5 Å². The Morgan fingerprint density at radius 1 is 0.302 bits per heavy atom. The van der Waals surface area contributed by atoms with Gasteiger partial charge in [-0.25, -0.2) is 0 Å². The Labute approximate surface area is 369 Å². The third-order valence-electron chi connectivity index (χ3n) is 13.6. The van der Waals surface area contributed by atoms with Crippen molar-refractivity contribution in [1.29, 1.82) is 0 Å². The molecule has 1 aromatic heterocycles. The van der Waals surface area contributed by atoms with Crippen LogP contribution in [0, 0.1) is 0 Å². The minimum Gasteiger partial charge on any atom is -0.309 e. The average molecular weight is 818 g/mol. The first-order valence-electron chi connectivity index (χ1n) is 21.9. The summed E-state index contributed by atoms with van der Waals surface area (Å²) in [7, 11) is -3.01. The third kappa shape index (κ3) is 5.62. The van der Waals surface area contributed by atoms with Crippen molar-refractivity contribution in [2.75, 3.05) is 0 Å². The Bertz CT molecular complexity index is 3320. The number of hydrogen-bond acceptors (Lipinski definition) is 0. The summed E-state index contributed by atoms with van der Waals surface area (Å²) in [6.45, 7) is 0. The molecule has 1 nitrogen and oxygen atoms in total. The van der Waals surface area contributed by atoms with Crippen LogP contribution in [0.5, 0.6) is 0 Å². The van der Waals surface area contributed by atoms with Crippen molar-refractivity contribution in [3.8, 4) is 27.9 Å². The van der Waals surface area contributed by atoms with Gasteiger partial charge in [0.05, 0.1) is 16.4 Å². The molecule has 11 aromatic rings. The first kappa shape index (κ1) is 37.0. The molecule has 0 N–H and O–H groups in total. The fraction of sp³-hybridized carbons (Fsp3) is 0.0164. The molecule has 0 saturated heterocycles. The Hall–Kier alpha value is -7.78. The minimum atomic E-state index is -3.01. The molecule has 1 aliphatic carbocycles. The molecule has 0 spiro atoms. The maximum Gasteiger partial charge on any atom is 0.179 e. The summed E-state index contributed by atoms with van der Waals surface area (Å²) >= 11 is 0. The van der Waals surface area contributed by atoms with Gasteiger partial charge < -0.3 is 4.57 Å². The molecular formula is C61H43NSi. The average Bonchev–Trinajstić information content (AvgIpc) is 3.87. The van der Waals surface area contributed by atoms with Crippen molar-refractivity contribution < 1.29 is 0 Å². The van der Waals surface area contributed by atoms with Gasteiger partial charge in [0.15, 0.2) is 8.07 Å². The van der Waals surface area contributed by atoms with E-state index in [1.165, 1.54) is 87.1 Å². The van der Waals surface area contributed by atoms with Crippen molar-refractivity contribution in [1.82, 2.24) is 4.57 Å². The fourth-order valence-corrected chi connectivity index (χ4v) is 15.9. The van der Waals surface area contributed by atoms with Gasteiger partial charge in [-0.15, -0.1) is 0 Å². The van der Waals surface area contributed by atoms with Crippen LogP contribution in [0.4, 0.5) is 0 Å². The zero-order chi connectivity index (χ0) is 41.8. The van der Waals surface area contributed by atoms with Crippen LogP contribution in [0.15, 0.2) is 261 Å². The van der Waals surface area contributed by atoms with Gasteiger partial charge >= 0.3 is 0 Å². The molecule has 12 rings (SSSR count). The highest BCUT2D eigenvalue weighted by Gasteiger charge is 2.48. The van der Waals surface area contributed by atoms with E-state index in [0.717, 1.165) is 5.69 Å². The van der Waals surface area contributed by atoms with Gasteiger partial charge in [0, 0.05) is 16.5 Å². The molecule has 296 valence electrons. The lowest BCUT2D eigenvalue weighted by atomic mass is 9.68. The minimum absolute atomic E-state index is 0.507. The molecule has 63 heavy (non-hydrogen) atoms. The van der Waals surface area contributed by atoms with Crippen molar-refractivity contribution >= 4 is 50.6 Å². The standard InChI is InChI=1S/C61H43NSi/c1-4-23-46(24-5-1)61(57-37-14-10-33-53(57)54-34-11-15-38-58(54)61)47-25-20-32-52(43-47)63(49-27-6-2-7-28-49,50-29-8-3-9-30-50)51-31-19-22-45(42-51)44-21-18-26-48(41-44)62-59-39-16-12-35-55(59)56-36-13-17-40-60(56)62/h1-43H. The molecule has 0 fully saturated rings. The Morgan fingerprint density at radius 3 is 1.33 bits per heavy atom. The van der Waals surface area contributed by atoms with E-state index in [4.69, 9.17) is 0 Å². The maximum atomic E-state index is 2.58. The van der Waals surface area contributed by atoms with E-state index < -0.39 is 13.5 Å². The molecule has 0 aliphatic heterocycles. The molecule has 1 aliphatic rings. The lowest BCUT2D eigenvalue weighted by Crippen LogP contribution is -2.74. The van der Waals surface area contributed by atoms with Gasteiger partial charge in [0.1, 0.15) is 0 Å². The van der Waals surface area contributed by atoms with Crippen LogP contribution in [-0.4, -0.2) is 12.6 Å². The fourth-order valence-electron chi connectivity index (χ4n) is 11.0. The first-order chi connectivity index (χ1) is 31.3. The molecule has 10 aromatic carbocycles. The van der Waals surface area contributed by atoms with E-state index >= 15 is 0 Å². The summed E-state index contributed by atoms with van der Waals surface area (Å²) in [5.74, 6) is 0. The van der Waals surface area contributed by atoms with E-state index in [0.29, 0.717) is 0 Å². The number of hydrogen-bond donors (Lipinski definition) is 0. The van der Waals surface area contributed by atoms with E-state index in [9.17, 15) is 0 Å².